The van der Waals surface area contributed by atoms with Crippen LogP contribution in [-0.4, -0.2) is 55.7 Å². The molecule has 2 fully saturated rings. The molecule has 0 spiro atoms. The molecular weight excluding hydrogens is 424 g/mol. The van der Waals surface area contributed by atoms with Crippen molar-refractivity contribution in [1.82, 2.24) is 10.0 Å². The molecule has 1 aromatic carbocycles. The van der Waals surface area contributed by atoms with E-state index in [-0.39, 0.29) is 5.75 Å². The van der Waals surface area contributed by atoms with Gasteiger partial charge in [0.25, 0.3) is 0 Å². The summed E-state index contributed by atoms with van der Waals surface area (Å²) >= 11 is 6.33. The van der Waals surface area contributed by atoms with E-state index in [0.717, 1.165) is 51.0 Å². The summed E-state index contributed by atoms with van der Waals surface area (Å²) in [7, 11) is -1.79. The molecule has 0 radical (unpaired) electrons. The molecule has 0 unspecified atom stereocenters. The van der Waals surface area contributed by atoms with Crippen molar-refractivity contribution in [2.75, 3.05) is 26.2 Å². The Morgan fingerprint density at radius 3 is 2.10 bits per heavy atom. The Morgan fingerprint density at radius 2 is 1.55 bits per heavy atom. The first kappa shape index (κ1) is 25.0. The number of phenols is 1. The van der Waals surface area contributed by atoms with E-state index in [0.29, 0.717) is 33.7 Å². The number of halogens is 1. The summed E-state index contributed by atoms with van der Waals surface area (Å²) in [6.07, 6.45) is 4.90. The van der Waals surface area contributed by atoms with Crippen molar-refractivity contribution < 1.29 is 9.53 Å². The maximum Gasteiger partial charge on any atom is 0.200 e. The molecule has 3 rings (SSSR count). The van der Waals surface area contributed by atoms with Gasteiger partial charge in [-0.3, -0.25) is 0 Å². The molecular formula is C25H43ClN2O2Si. The number of rotatable bonds is 8. The van der Waals surface area contributed by atoms with Gasteiger partial charge in [-0.15, -0.1) is 0 Å². The van der Waals surface area contributed by atoms with Crippen LogP contribution in [0.25, 0.3) is 0 Å². The van der Waals surface area contributed by atoms with Gasteiger partial charge in [-0.2, -0.15) is 0 Å². The van der Waals surface area contributed by atoms with Gasteiger partial charge in [0.1, 0.15) is 5.75 Å². The standard InChI is InChI=1S/C25H43ClN2O2Si/c1-18(2)31(19(3)4,20(5)6)30-24-10-13-27(14-11-24)28-12-9-21(17-28)15-22-7-8-23(29)16-25(22)26/h7-8,16,18-21,24,29H,9-15,17H2,1-6H3/t21-/m0/s1. The lowest BCUT2D eigenvalue weighted by Crippen LogP contribution is -2.53. The van der Waals surface area contributed by atoms with E-state index in [1.54, 1.807) is 12.1 Å². The lowest BCUT2D eigenvalue weighted by atomic mass is 9.98. The Balaban J connectivity index is 1.52. The predicted octanol–water partition coefficient (Wildman–Crippen LogP) is 6.48. The van der Waals surface area contributed by atoms with Crippen LogP contribution in [-0.2, 0) is 10.8 Å². The lowest BCUT2D eigenvalue weighted by molar-refractivity contribution is -0.0487. The Bertz CT molecular complexity index is 698. The SMILES string of the molecule is CC(C)[Si](OC1CCN(N2CC[C@@H](Cc3ccc(O)cc3Cl)C2)CC1)(C(C)C)C(C)C. The molecule has 2 aliphatic rings. The molecule has 176 valence electrons. The fraction of sp³-hybridized carbons (Fsp3) is 0.760. The second-order valence-corrected chi connectivity index (χ2v) is 16.4. The van der Waals surface area contributed by atoms with Crippen molar-refractivity contribution in [2.45, 2.75) is 90.0 Å². The number of aromatic hydroxyl groups is 1. The minimum absolute atomic E-state index is 0.242. The summed E-state index contributed by atoms with van der Waals surface area (Å²) < 4.78 is 7.06. The molecule has 0 aliphatic carbocycles. The molecule has 4 nitrogen and oxygen atoms in total. The van der Waals surface area contributed by atoms with Gasteiger partial charge in [-0.1, -0.05) is 59.2 Å². The highest BCUT2D eigenvalue weighted by Gasteiger charge is 2.47. The van der Waals surface area contributed by atoms with Gasteiger partial charge >= 0.3 is 0 Å². The monoisotopic (exact) mass is 466 g/mol. The first-order valence-electron chi connectivity index (χ1n) is 12.3. The molecule has 31 heavy (non-hydrogen) atoms. The Kier molecular flexibility index (Phi) is 8.53. The van der Waals surface area contributed by atoms with Crippen LogP contribution in [0, 0.1) is 5.92 Å². The molecule has 2 heterocycles. The molecule has 1 atom stereocenters. The van der Waals surface area contributed by atoms with Crippen LogP contribution in [0.1, 0.15) is 66.4 Å². The molecule has 6 heteroatoms. The van der Waals surface area contributed by atoms with Crippen molar-refractivity contribution in [1.29, 1.82) is 0 Å². The van der Waals surface area contributed by atoms with E-state index in [1.165, 1.54) is 6.42 Å². The van der Waals surface area contributed by atoms with Crippen molar-refractivity contribution in [3.05, 3.63) is 28.8 Å². The smallest absolute Gasteiger partial charge is 0.200 e. The third-order valence-corrected chi connectivity index (χ3v) is 14.2. The van der Waals surface area contributed by atoms with E-state index in [9.17, 15) is 5.11 Å². The molecule has 0 amide bonds. The fourth-order valence-electron chi connectivity index (χ4n) is 6.19. The summed E-state index contributed by atoms with van der Waals surface area (Å²) in [5.41, 5.74) is 3.10. The molecule has 2 saturated heterocycles. The van der Waals surface area contributed by atoms with Crippen LogP contribution in [0.4, 0.5) is 0 Å². The number of hydrogen-bond acceptors (Lipinski definition) is 4. The van der Waals surface area contributed by atoms with Crippen LogP contribution >= 0.6 is 11.6 Å². The van der Waals surface area contributed by atoms with E-state index >= 15 is 0 Å². The number of hydrogen-bond donors (Lipinski definition) is 1. The van der Waals surface area contributed by atoms with Gasteiger partial charge in [-0.25, -0.2) is 10.0 Å². The summed E-state index contributed by atoms with van der Waals surface area (Å²) in [6.45, 7) is 18.7. The van der Waals surface area contributed by atoms with Crippen molar-refractivity contribution in [2.24, 2.45) is 5.92 Å². The van der Waals surface area contributed by atoms with Crippen LogP contribution in [0.5, 0.6) is 5.75 Å². The molecule has 0 bridgehead atoms. The van der Waals surface area contributed by atoms with Crippen LogP contribution in [0.2, 0.25) is 21.6 Å². The highest BCUT2D eigenvalue weighted by molar-refractivity contribution is 6.77. The van der Waals surface area contributed by atoms with E-state index in [2.05, 4.69) is 51.6 Å². The number of benzene rings is 1. The van der Waals surface area contributed by atoms with Crippen LogP contribution in [0.15, 0.2) is 18.2 Å². The maximum atomic E-state index is 9.59. The molecule has 2 aliphatic heterocycles. The average molecular weight is 467 g/mol. The quantitative estimate of drug-likeness (QED) is 0.444. The second kappa shape index (κ2) is 10.6. The van der Waals surface area contributed by atoms with Crippen LogP contribution in [0.3, 0.4) is 0 Å². The third kappa shape index (κ3) is 5.67. The van der Waals surface area contributed by atoms with Crippen LogP contribution < -0.4 is 0 Å². The Morgan fingerprint density at radius 1 is 0.968 bits per heavy atom. The first-order chi connectivity index (χ1) is 14.6. The minimum Gasteiger partial charge on any atom is -0.508 e. The van der Waals surface area contributed by atoms with Gasteiger partial charge in [0, 0.05) is 37.3 Å². The Hall–Kier alpha value is -0.593. The summed E-state index contributed by atoms with van der Waals surface area (Å²) in [5.74, 6) is 0.866. The summed E-state index contributed by atoms with van der Waals surface area (Å²) in [5, 5.41) is 15.4. The van der Waals surface area contributed by atoms with Crippen molar-refractivity contribution >= 4 is 19.9 Å². The molecule has 0 aromatic heterocycles. The van der Waals surface area contributed by atoms with Gasteiger partial charge in [0.05, 0.1) is 0 Å². The number of hydrazine groups is 1. The second-order valence-electron chi connectivity index (χ2n) is 10.6. The van der Waals surface area contributed by atoms with Gasteiger partial charge in [0.2, 0.25) is 8.32 Å². The van der Waals surface area contributed by atoms with E-state index < -0.39 is 8.32 Å². The number of piperidine rings is 1. The topological polar surface area (TPSA) is 35.9 Å². The highest BCUT2D eigenvalue weighted by Crippen LogP contribution is 2.44. The Labute approximate surface area is 196 Å². The van der Waals surface area contributed by atoms with Gasteiger partial charge in [-0.05, 0) is 65.9 Å². The van der Waals surface area contributed by atoms with Crippen molar-refractivity contribution in [3.63, 3.8) is 0 Å². The zero-order valence-electron chi connectivity index (χ0n) is 20.4. The summed E-state index contributed by atoms with van der Waals surface area (Å²) in [6, 6.07) is 5.37. The van der Waals surface area contributed by atoms with Gasteiger partial charge in [0.15, 0.2) is 0 Å². The third-order valence-electron chi connectivity index (χ3n) is 7.71. The molecule has 1 aromatic rings. The first-order valence-corrected chi connectivity index (χ1v) is 14.8. The highest BCUT2D eigenvalue weighted by atomic mass is 35.5. The minimum atomic E-state index is -1.79. The normalized spacial score (nSPS) is 22.3. The fourth-order valence-corrected chi connectivity index (χ4v) is 12.1. The largest absolute Gasteiger partial charge is 0.508 e. The number of nitrogens with zero attached hydrogens (tertiary/aromatic N) is 2. The lowest BCUT2D eigenvalue weighted by Gasteiger charge is -2.47. The zero-order chi connectivity index (χ0) is 22.8. The van der Waals surface area contributed by atoms with E-state index in [1.807, 2.05) is 6.07 Å². The van der Waals surface area contributed by atoms with Crippen molar-refractivity contribution in [3.8, 4) is 5.75 Å². The van der Waals surface area contributed by atoms with Gasteiger partial charge < -0.3 is 9.53 Å². The van der Waals surface area contributed by atoms with E-state index in [4.69, 9.17) is 16.0 Å². The zero-order valence-corrected chi connectivity index (χ0v) is 22.2. The molecule has 1 N–H and O–H groups in total. The number of phenolic OH excluding ortho intramolecular Hbond substituents is 1. The average Bonchev–Trinajstić information content (AvgIpc) is 3.16. The maximum absolute atomic E-state index is 9.59. The summed E-state index contributed by atoms with van der Waals surface area (Å²) in [4.78, 5) is 0. The molecule has 0 saturated carbocycles. The predicted molar refractivity (Wildman–Crippen MR) is 133 cm³/mol.